The van der Waals surface area contributed by atoms with Crippen LogP contribution < -0.4 is 10.1 Å². The molecule has 0 spiro atoms. The molecule has 124 valence electrons. The van der Waals surface area contributed by atoms with Gasteiger partial charge in [0.25, 0.3) is 11.8 Å². The first-order valence-electron chi connectivity index (χ1n) is 7.14. The standard InChI is InChI=1S/C15H18N2O6/c18-13(16-9-14(19)20)10-23-12-3-1-11(2-4-12)15(21)17-5-7-22-8-6-17/h1-4H,5-10H2,(H,16,18)(H,19,20). The van der Waals surface area contributed by atoms with Crippen LogP contribution in [-0.4, -0.2) is 67.2 Å². The summed E-state index contributed by atoms with van der Waals surface area (Å²) in [6, 6.07) is 6.45. The van der Waals surface area contributed by atoms with Crippen LogP contribution in [-0.2, 0) is 14.3 Å². The Labute approximate surface area is 133 Å². The molecule has 1 aliphatic heterocycles. The summed E-state index contributed by atoms with van der Waals surface area (Å²) >= 11 is 0. The lowest BCUT2D eigenvalue weighted by molar-refractivity contribution is -0.138. The molecule has 1 aliphatic rings. The number of ether oxygens (including phenoxy) is 2. The molecule has 0 radical (unpaired) electrons. The quantitative estimate of drug-likeness (QED) is 0.747. The highest BCUT2D eigenvalue weighted by Crippen LogP contribution is 2.14. The van der Waals surface area contributed by atoms with E-state index in [1.807, 2.05) is 0 Å². The van der Waals surface area contributed by atoms with E-state index in [9.17, 15) is 14.4 Å². The molecule has 0 bridgehead atoms. The van der Waals surface area contributed by atoms with E-state index >= 15 is 0 Å². The Balaban J connectivity index is 1.83. The van der Waals surface area contributed by atoms with Gasteiger partial charge in [0.05, 0.1) is 13.2 Å². The monoisotopic (exact) mass is 322 g/mol. The summed E-state index contributed by atoms with van der Waals surface area (Å²) in [5.41, 5.74) is 0.537. The fourth-order valence-electron chi connectivity index (χ4n) is 2.02. The van der Waals surface area contributed by atoms with Gasteiger partial charge in [0, 0.05) is 18.7 Å². The molecule has 0 saturated carbocycles. The van der Waals surface area contributed by atoms with Crippen LogP contribution >= 0.6 is 0 Å². The van der Waals surface area contributed by atoms with Crippen molar-refractivity contribution in [2.45, 2.75) is 0 Å². The van der Waals surface area contributed by atoms with Gasteiger partial charge in [-0.3, -0.25) is 14.4 Å². The molecular weight excluding hydrogens is 304 g/mol. The third-order valence-corrected chi connectivity index (χ3v) is 3.21. The van der Waals surface area contributed by atoms with Gasteiger partial charge >= 0.3 is 5.97 Å². The van der Waals surface area contributed by atoms with Crippen LogP contribution in [0.4, 0.5) is 0 Å². The Bertz CT molecular complexity index is 566. The van der Waals surface area contributed by atoms with Gasteiger partial charge in [-0.1, -0.05) is 0 Å². The maximum atomic E-state index is 12.2. The number of hydrogen-bond donors (Lipinski definition) is 2. The Hall–Kier alpha value is -2.61. The van der Waals surface area contributed by atoms with Gasteiger partial charge in [0.15, 0.2) is 6.61 Å². The van der Waals surface area contributed by atoms with Crippen molar-refractivity contribution < 1.29 is 29.0 Å². The fraction of sp³-hybridized carbons (Fsp3) is 0.400. The average molecular weight is 322 g/mol. The van der Waals surface area contributed by atoms with Crippen LogP contribution in [0.25, 0.3) is 0 Å². The van der Waals surface area contributed by atoms with Crippen LogP contribution in [0.5, 0.6) is 5.75 Å². The lowest BCUT2D eigenvalue weighted by Crippen LogP contribution is -2.40. The number of rotatable bonds is 6. The van der Waals surface area contributed by atoms with Crippen LogP contribution in [0.15, 0.2) is 24.3 Å². The highest BCUT2D eigenvalue weighted by atomic mass is 16.5. The predicted molar refractivity (Wildman–Crippen MR) is 79.3 cm³/mol. The summed E-state index contributed by atoms with van der Waals surface area (Å²) in [6.07, 6.45) is 0. The van der Waals surface area contributed by atoms with Gasteiger partial charge in [-0.05, 0) is 24.3 Å². The zero-order chi connectivity index (χ0) is 16.7. The molecule has 1 saturated heterocycles. The van der Waals surface area contributed by atoms with Crippen LogP contribution in [0.3, 0.4) is 0 Å². The maximum absolute atomic E-state index is 12.2. The molecule has 8 nitrogen and oxygen atoms in total. The van der Waals surface area contributed by atoms with Crippen molar-refractivity contribution >= 4 is 17.8 Å². The van der Waals surface area contributed by atoms with Gasteiger partial charge in [0.1, 0.15) is 12.3 Å². The summed E-state index contributed by atoms with van der Waals surface area (Å²) < 4.78 is 10.4. The zero-order valence-corrected chi connectivity index (χ0v) is 12.5. The third-order valence-electron chi connectivity index (χ3n) is 3.21. The first kappa shape index (κ1) is 16.8. The first-order chi connectivity index (χ1) is 11.1. The number of nitrogens with one attached hydrogen (secondary N) is 1. The Morgan fingerprint density at radius 1 is 1.17 bits per heavy atom. The minimum Gasteiger partial charge on any atom is -0.484 e. The summed E-state index contributed by atoms with van der Waals surface area (Å²) in [7, 11) is 0. The number of amides is 2. The molecule has 1 fully saturated rings. The number of benzene rings is 1. The predicted octanol–water partition coefficient (Wildman–Crippen LogP) is -0.261. The molecule has 2 amide bonds. The molecule has 2 rings (SSSR count). The van der Waals surface area contributed by atoms with Crippen LogP contribution in [0.1, 0.15) is 10.4 Å². The average Bonchev–Trinajstić information content (AvgIpc) is 2.58. The van der Waals surface area contributed by atoms with Crippen molar-refractivity contribution in [3.63, 3.8) is 0 Å². The van der Waals surface area contributed by atoms with Gasteiger partial charge in [-0.25, -0.2) is 0 Å². The number of carboxylic acid groups (broad SMARTS) is 1. The lowest BCUT2D eigenvalue weighted by Gasteiger charge is -2.26. The van der Waals surface area contributed by atoms with Crippen molar-refractivity contribution in [2.75, 3.05) is 39.5 Å². The largest absolute Gasteiger partial charge is 0.484 e. The molecule has 0 aromatic heterocycles. The molecule has 8 heteroatoms. The van der Waals surface area contributed by atoms with E-state index in [2.05, 4.69) is 5.32 Å². The van der Waals surface area contributed by atoms with E-state index in [0.29, 0.717) is 37.6 Å². The summed E-state index contributed by atoms with van der Waals surface area (Å²) in [5, 5.41) is 10.6. The number of carbonyl (C=O) groups excluding carboxylic acids is 2. The molecule has 0 unspecified atom stereocenters. The van der Waals surface area contributed by atoms with E-state index in [1.165, 1.54) is 0 Å². The normalized spacial score (nSPS) is 14.2. The first-order valence-corrected chi connectivity index (χ1v) is 7.14. The molecule has 1 aromatic carbocycles. The van der Waals surface area contributed by atoms with E-state index in [4.69, 9.17) is 14.6 Å². The van der Waals surface area contributed by atoms with Gasteiger partial charge in [-0.15, -0.1) is 0 Å². The summed E-state index contributed by atoms with van der Waals surface area (Å²) in [4.78, 5) is 35.6. The Morgan fingerprint density at radius 2 is 1.83 bits per heavy atom. The van der Waals surface area contributed by atoms with E-state index < -0.39 is 18.4 Å². The van der Waals surface area contributed by atoms with Gasteiger partial charge in [-0.2, -0.15) is 0 Å². The minimum atomic E-state index is -1.12. The number of carboxylic acids is 1. The Morgan fingerprint density at radius 3 is 2.43 bits per heavy atom. The van der Waals surface area contributed by atoms with Crippen molar-refractivity contribution in [1.82, 2.24) is 10.2 Å². The number of aliphatic carboxylic acids is 1. The maximum Gasteiger partial charge on any atom is 0.322 e. The number of morpholine rings is 1. The molecular formula is C15H18N2O6. The highest BCUT2D eigenvalue weighted by molar-refractivity contribution is 5.94. The van der Waals surface area contributed by atoms with Crippen LogP contribution in [0.2, 0.25) is 0 Å². The fourth-order valence-corrected chi connectivity index (χ4v) is 2.02. The highest BCUT2D eigenvalue weighted by Gasteiger charge is 2.18. The van der Waals surface area contributed by atoms with Crippen molar-refractivity contribution in [3.8, 4) is 5.75 Å². The number of carbonyl (C=O) groups is 3. The molecule has 0 aliphatic carbocycles. The summed E-state index contributed by atoms with van der Waals surface area (Å²) in [5.74, 6) is -1.29. The second-order valence-corrected chi connectivity index (χ2v) is 4.89. The van der Waals surface area contributed by atoms with E-state index in [0.717, 1.165) is 0 Å². The molecule has 1 heterocycles. The van der Waals surface area contributed by atoms with E-state index in [-0.39, 0.29) is 12.5 Å². The van der Waals surface area contributed by atoms with Gasteiger partial charge < -0.3 is 24.8 Å². The number of nitrogens with zero attached hydrogens (tertiary/aromatic N) is 1. The van der Waals surface area contributed by atoms with Crippen molar-refractivity contribution in [2.24, 2.45) is 0 Å². The molecule has 1 aromatic rings. The van der Waals surface area contributed by atoms with Crippen molar-refractivity contribution in [1.29, 1.82) is 0 Å². The smallest absolute Gasteiger partial charge is 0.322 e. The topological polar surface area (TPSA) is 105 Å². The van der Waals surface area contributed by atoms with E-state index in [1.54, 1.807) is 29.2 Å². The lowest BCUT2D eigenvalue weighted by atomic mass is 10.2. The van der Waals surface area contributed by atoms with Crippen LogP contribution in [0, 0.1) is 0 Å². The second-order valence-electron chi connectivity index (χ2n) is 4.89. The summed E-state index contributed by atoms with van der Waals surface area (Å²) in [6.45, 7) is 1.48. The van der Waals surface area contributed by atoms with Crippen molar-refractivity contribution in [3.05, 3.63) is 29.8 Å². The molecule has 2 N–H and O–H groups in total. The van der Waals surface area contributed by atoms with Gasteiger partial charge in [0.2, 0.25) is 0 Å². The third kappa shape index (κ3) is 5.26. The minimum absolute atomic E-state index is 0.0703. The SMILES string of the molecule is O=C(O)CNC(=O)COc1ccc(C(=O)N2CCOCC2)cc1. The Kier molecular flexibility index (Phi) is 5.93. The molecule has 0 atom stereocenters. The second kappa shape index (κ2) is 8.14. The molecule has 23 heavy (non-hydrogen) atoms. The number of hydrogen-bond acceptors (Lipinski definition) is 5. The zero-order valence-electron chi connectivity index (χ0n) is 12.5.